The maximum Gasteiger partial charge on any atom is 0.220 e. The first-order valence-corrected chi connectivity index (χ1v) is 7.51. The minimum Gasteiger partial charge on any atom is -0.450 e. The second-order valence-electron chi connectivity index (χ2n) is 3.28. The molecule has 0 bridgehead atoms. The Balaban J connectivity index is 3.59. The third-order valence-electron chi connectivity index (χ3n) is 0.708. The SMILES string of the molecule is CCOC#[C][Al-]([CH3])([CH3])[CH3]. The summed E-state index contributed by atoms with van der Waals surface area (Å²) in [6, 6.07) is 0. The van der Waals surface area contributed by atoms with E-state index in [4.69, 9.17) is 4.74 Å². The minimum atomic E-state index is -1.43. The summed E-state index contributed by atoms with van der Waals surface area (Å²) < 4.78 is 4.89. The van der Waals surface area contributed by atoms with E-state index in [-0.39, 0.29) is 0 Å². The van der Waals surface area contributed by atoms with Gasteiger partial charge in [0.15, 0.2) is 0 Å². The molecule has 0 aliphatic carbocycles. The number of hydrogen-bond acceptors (Lipinski definition) is 1. The van der Waals surface area contributed by atoms with Gasteiger partial charge < -0.3 is 9.52 Å². The van der Waals surface area contributed by atoms with Crippen LogP contribution in [-0.4, -0.2) is 19.7 Å². The fourth-order valence-electron chi connectivity index (χ4n) is 0.291. The fourth-order valence-corrected chi connectivity index (χ4v) is 0.727. The van der Waals surface area contributed by atoms with Crippen LogP contribution < -0.4 is 0 Å². The Bertz CT molecular complexity index is 124. The van der Waals surface area contributed by atoms with E-state index in [1.165, 1.54) is 0 Å². The van der Waals surface area contributed by atoms with E-state index in [0.717, 1.165) is 0 Å². The number of rotatable bonds is 1. The highest BCUT2D eigenvalue weighted by Crippen LogP contribution is 1.95. The van der Waals surface area contributed by atoms with Gasteiger partial charge in [-0.25, -0.2) is 0 Å². The van der Waals surface area contributed by atoms with Gasteiger partial charge in [-0.1, -0.05) is 0 Å². The van der Waals surface area contributed by atoms with Crippen molar-refractivity contribution in [2.24, 2.45) is 0 Å². The smallest absolute Gasteiger partial charge is 0.220 e. The molecule has 2 heteroatoms. The predicted octanol–water partition coefficient (Wildman–Crippen LogP) is 1.86. The van der Waals surface area contributed by atoms with Crippen LogP contribution in [0.15, 0.2) is 0 Å². The van der Waals surface area contributed by atoms with Crippen molar-refractivity contribution in [2.45, 2.75) is 24.3 Å². The van der Waals surface area contributed by atoms with Gasteiger partial charge in [0.2, 0.25) is 13.1 Å². The van der Waals surface area contributed by atoms with Crippen LogP contribution in [0, 0.1) is 10.9 Å². The Kier molecular flexibility index (Phi) is 3.79. The molecule has 0 heterocycles. The van der Waals surface area contributed by atoms with Crippen molar-refractivity contribution < 1.29 is 4.74 Å². The summed E-state index contributed by atoms with van der Waals surface area (Å²) in [7, 11) is 0. The van der Waals surface area contributed by atoms with E-state index in [1.54, 1.807) is 0 Å². The summed E-state index contributed by atoms with van der Waals surface area (Å²) in [6.07, 6.45) is 2.70. The Morgan fingerprint density at radius 2 is 1.89 bits per heavy atom. The van der Waals surface area contributed by atoms with Crippen molar-refractivity contribution >= 4 is 13.1 Å². The molecule has 0 aromatic carbocycles. The molecule has 0 spiro atoms. The van der Waals surface area contributed by atoms with E-state index in [2.05, 4.69) is 28.2 Å². The molecule has 0 aliphatic heterocycles. The number of ether oxygens (including phenoxy) is 1. The quantitative estimate of drug-likeness (QED) is 0.400. The highest BCUT2D eigenvalue weighted by molar-refractivity contribution is 6.83. The monoisotopic (exact) mass is 141 g/mol. The van der Waals surface area contributed by atoms with Gasteiger partial charge in [0.1, 0.15) is 0 Å². The van der Waals surface area contributed by atoms with Gasteiger partial charge in [0.05, 0.1) is 12.7 Å². The van der Waals surface area contributed by atoms with Gasteiger partial charge in [-0.05, 0) is 6.92 Å². The summed E-state index contributed by atoms with van der Waals surface area (Å²) in [5.41, 5.74) is 0. The van der Waals surface area contributed by atoms with Gasteiger partial charge in [-0.2, -0.15) is 17.4 Å². The van der Waals surface area contributed by atoms with Crippen LogP contribution in [0.4, 0.5) is 0 Å². The maximum atomic E-state index is 4.89. The zero-order chi connectivity index (χ0) is 7.33. The maximum absolute atomic E-state index is 4.89. The molecule has 9 heavy (non-hydrogen) atoms. The van der Waals surface area contributed by atoms with Crippen molar-refractivity contribution in [3.8, 4) is 10.9 Å². The number of hydrogen-bond donors (Lipinski definition) is 0. The van der Waals surface area contributed by atoms with E-state index in [0.29, 0.717) is 6.61 Å². The Labute approximate surface area is 60.1 Å². The van der Waals surface area contributed by atoms with Gasteiger partial charge in [-0.3, -0.25) is 0 Å². The second kappa shape index (κ2) is 3.83. The molecule has 0 atom stereocenters. The molecule has 0 fully saturated rings. The average molecular weight is 141 g/mol. The lowest BCUT2D eigenvalue weighted by molar-refractivity contribution is 0.299. The molecule has 0 aromatic rings. The van der Waals surface area contributed by atoms with Crippen molar-refractivity contribution in [3.05, 3.63) is 0 Å². The topological polar surface area (TPSA) is 9.23 Å². The lowest BCUT2D eigenvalue weighted by Crippen LogP contribution is -2.16. The molecule has 52 valence electrons. The fraction of sp³-hybridized carbons (Fsp3) is 0.714. The van der Waals surface area contributed by atoms with Gasteiger partial charge in [-0.15, -0.1) is 0 Å². The summed E-state index contributed by atoms with van der Waals surface area (Å²) in [6.45, 7) is 2.64. The lowest BCUT2D eigenvalue weighted by atomic mass is 10.9. The Morgan fingerprint density at radius 1 is 1.33 bits per heavy atom. The zero-order valence-corrected chi connectivity index (χ0v) is 7.85. The van der Waals surface area contributed by atoms with Crippen molar-refractivity contribution in [1.29, 1.82) is 0 Å². The molecule has 0 radical (unpaired) electrons. The van der Waals surface area contributed by atoms with Crippen LogP contribution in [0.3, 0.4) is 0 Å². The third kappa shape index (κ3) is 7.89. The van der Waals surface area contributed by atoms with Crippen LogP contribution in [0.25, 0.3) is 0 Å². The predicted molar refractivity (Wildman–Crippen MR) is 42.7 cm³/mol. The summed E-state index contributed by atoms with van der Waals surface area (Å²) in [5, 5.41) is 0. The van der Waals surface area contributed by atoms with Crippen molar-refractivity contribution in [3.63, 3.8) is 0 Å². The normalized spacial score (nSPS) is 9.78. The van der Waals surface area contributed by atoms with E-state index in [9.17, 15) is 0 Å². The van der Waals surface area contributed by atoms with E-state index in [1.807, 2.05) is 6.92 Å². The summed E-state index contributed by atoms with van der Waals surface area (Å²) >= 11 is -1.43. The molecule has 0 rings (SSSR count). The standard InChI is InChI=1S/C4H5O.3CH3.Al/c1-3-5-4-2;;;;/h3H2,1H3;3*1H3;/q;;;;-1. The minimum absolute atomic E-state index is 0.696. The first kappa shape index (κ1) is 8.89. The summed E-state index contributed by atoms with van der Waals surface area (Å²) in [4.78, 5) is 3.12. The van der Waals surface area contributed by atoms with E-state index >= 15 is 0 Å². The van der Waals surface area contributed by atoms with Gasteiger partial charge >= 0.3 is 0 Å². The molecular weight excluding hydrogens is 127 g/mol. The van der Waals surface area contributed by atoms with Crippen LogP contribution >= 0.6 is 0 Å². The van der Waals surface area contributed by atoms with Crippen LogP contribution in [0.5, 0.6) is 0 Å². The average Bonchev–Trinajstić information content (AvgIpc) is 1.63. The first-order chi connectivity index (χ1) is 4.06. The van der Waals surface area contributed by atoms with E-state index < -0.39 is 13.1 Å². The zero-order valence-electron chi connectivity index (χ0n) is 6.69. The molecule has 0 amide bonds. The highest BCUT2D eigenvalue weighted by atomic mass is 27.2. The molecule has 0 saturated heterocycles. The molecule has 0 N–H and O–H groups in total. The molecule has 0 aliphatic rings. The third-order valence-corrected chi connectivity index (χ3v) is 1.69. The van der Waals surface area contributed by atoms with Crippen LogP contribution in [0.1, 0.15) is 6.92 Å². The van der Waals surface area contributed by atoms with Crippen molar-refractivity contribution in [1.82, 2.24) is 0 Å². The summed E-state index contributed by atoms with van der Waals surface area (Å²) in [5.74, 6) is 6.66. The van der Waals surface area contributed by atoms with Gasteiger partial charge in [0, 0.05) is 0 Å². The Hall–Kier alpha value is -0.108. The molecule has 0 unspecified atom stereocenters. The highest BCUT2D eigenvalue weighted by Gasteiger charge is 2.04. The first-order valence-electron chi connectivity index (χ1n) is 3.47. The second-order valence-corrected chi connectivity index (χ2v) is 8.76. The van der Waals surface area contributed by atoms with Crippen LogP contribution in [-0.2, 0) is 4.74 Å². The van der Waals surface area contributed by atoms with Gasteiger partial charge in [0.25, 0.3) is 0 Å². The van der Waals surface area contributed by atoms with Crippen LogP contribution in [0.2, 0.25) is 17.4 Å². The largest absolute Gasteiger partial charge is 0.450 e. The molecular formula is C7H14AlO-. The molecule has 0 aromatic heterocycles. The molecule has 0 saturated carbocycles. The van der Waals surface area contributed by atoms with Crippen molar-refractivity contribution in [2.75, 3.05) is 6.61 Å². The lowest BCUT2D eigenvalue weighted by Gasteiger charge is -2.06. The Morgan fingerprint density at radius 3 is 2.22 bits per heavy atom. The molecule has 1 nitrogen and oxygen atoms in total.